The summed E-state index contributed by atoms with van der Waals surface area (Å²) in [5.74, 6) is -0.123. The number of fused-ring (bicyclic) bond motifs is 1. The van der Waals surface area contributed by atoms with Gasteiger partial charge in [0.05, 0.1) is 0 Å². The van der Waals surface area contributed by atoms with E-state index in [2.05, 4.69) is 5.32 Å². The molecule has 0 aliphatic carbocycles. The molecule has 1 aliphatic heterocycles. The lowest BCUT2D eigenvalue weighted by molar-refractivity contribution is -0.123. The number of para-hydroxylation sites is 1. The van der Waals surface area contributed by atoms with Crippen molar-refractivity contribution in [1.29, 1.82) is 0 Å². The largest absolute Gasteiger partial charge is 0.350 e. The lowest BCUT2D eigenvalue weighted by atomic mass is 10.1. The molecule has 4 heteroatoms. The molecule has 1 atom stereocenters. The first-order chi connectivity index (χ1) is 10.3. The topological polar surface area (TPSA) is 49.4 Å². The third-order valence-electron chi connectivity index (χ3n) is 3.74. The van der Waals surface area contributed by atoms with Crippen molar-refractivity contribution in [3.8, 4) is 0 Å². The van der Waals surface area contributed by atoms with E-state index in [1.54, 1.807) is 0 Å². The third-order valence-corrected chi connectivity index (χ3v) is 3.74. The van der Waals surface area contributed by atoms with Crippen LogP contribution < -0.4 is 10.2 Å². The van der Waals surface area contributed by atoms with Crippen LogP contribution in [0.3, 0.4) is 0 Å². The first-order valence-electron chi connectivity index (χ1n) is 6.93. The molecule has 1 heterocycles. The Morgan fingerprint density at radius 3 is 2.62 bits per heavy atom. The summed E-state index contributed by atoms with van der Waals surface area (Å²) in [4.78, 5) is 25.2. The van der Waals surface area contributed by atoms with Crippen LogP contribution in [-0.4, -0.2) is 18.4 Å². The highest BCUT2D eigenvalue weighted by atomic mass is 16.2. The standard InChI is InChI=1S/C17H16N2O2/c20-12-19-15-9-5-4-8-14(15)10-16(19)17(21)18-11-13-6-2-1-3-7-13/h1-9,12,16H,10-11H2,(H,18,21). The molecule has 4 nitrogen and oxygen atoms in total. The Morgan fingerprint density at radius 2 is 1.86 bits per heavy atom. The quantitative estimate of drug-likeness (QED) is 0.869. The molecule has 0 radical (unpaired) electrons. The fourth-order valence-corrected chi connectivity index (χ4v) is 2.66. The Morgan fingerprint density at radius 1 is 1.14 bits per heavy atom. The Balaban J connectivity index is 1.70. The van der Waals surface area contributed by atoms with Gasteiger partial charge in [-0.15, -0.1) is 0 Å². The van der Waals surface area contributed by atoms with E-state index in [9.17, 15) is 9.59 Å². The number of anilines is 1. The number of nitrogens with zero attached hydrogens (tertiary/aromatic N) is 1. The maximum absolute atomic E-state index is 12.3. The van der Waals surface area contributed by atoms with Gasteiger partial charge in [-0.1, -0.05) is 48.5 Å². The number of benzene rings is 2. The smallest absolute Gasteiger partial charge is 0.243 e. The van der Waals surface area contributed by atoms with Crippen molar-refractivity contribution in [1.82, 2.24) is 5.32 Å². The van der Waals surface area contributed by atoms with Gasteiger partial charge in [0.15, 0.2) is 0 Å². The summed E-state index contributed by atoms with van der Waals surface area (Å²) in [6, 6.07) is 16.9. The van der Waals surface area contributed by atoms with E-state index in [0.29, 0.717) is 13.0 Å². The molecule has 0 aromatic heterocycles. The minimum absolute atomic E-state index is 0.123. The van der Waals surface area contributed by atoms with Crippen molar-refractivity contribution in [2.75, 3.05) is 4.90 Å². The highest BCUT2D eigenvalue weighted by Gasteiger charge is 2.33. The fraction of sp³-hybridized carbons (Fsp3) is 0.176. The second-order valence-corrected chi connectivity index (χ2v) is 5.06. The highest BCUT2D eigenvalue weighted by molar-refractivity contribution is 5.95. The highest BCUT2D eigenvalue weighted by Crippen LogP contribution is 2.30. The second-order valence-electron chi connectivity index (χ2n) is 5.06. The maximum atomic E-state index is 12.3. The van der Waals surface area contributed by atoms with Gasteiger partial charge in [0.2, 0.25) is 12.3 Å². The van der Waals surface area contributed by atoms with Gasteiger partial charge in [0, 0.05) is 18.7 Å². The zero-order valence-electron chi connectivity index (χ0n) is 11.5. The average Bonchev–Trinajstić information content (AvgIpc) is 2.92. The monoisotopic (exact) mass is 280 g/mol. The first kappa shape index (κ1) is 13.4. The van der Waals surface area contributed by atoms with Crippen LogP contribution in [0.5, 0.6) is 0 Å². The lowest BCUT2D eigenvalue weighted by Gasteiger charge is -2.20. The molecule has 21 heavy (non-hydrogen) atoms. The maximum Gasteiger partial charge on any atom is 0.243 e. The average molecular weight is 280 g/mol. The molecule has 2 aromatic carbocycles. The minimum atomic E-state index is -0.455. The molecule has 1 aliphatic rings. The number of carbonyl (C=O) groups excluding carboxylic acids is 2. The number of nitrogens with one attached hydrogen (secondary N) is 1. The van der Waals surface area contributed by atoms with Crippen molar-refractivity contribution in [3.05, 3.63) is 65.7 Å². The third kappa shape index (κ3) is 2.65. The Kier molecular flexibility index (Phi) is 3.69. The van der Waals surface area contributed by atoms with E-state index in [1.807, 2.05) is 54.6 Å². The molecule has 1 N–H and O–H groups in total. The second kappa shape index (κ2) is 5.79. The molecule has 0 spiro atoms. The first-order valence-corrected chi connectivity index (χ1v) is 6.93. The molecular weight excluding hydrogens is 264 g/mol. The molecule has 0 bridgehead atoms. The van der Waals surface area contributed by atoms with Crippen LogP contribution in [0, 0.1) is 0 Å². The van der Waals surface area contributed by atoms with Gasteiger partial charge in [0.1, 0.15) is 6.04 Å². The number of rotatable bonds is 4. The van der Waals surface area contributed by atoms with Crippen LogP contribution in [0.4, 0.5) is 5.69 Å². The van der Waals surface area contributed by atoms with Crippen LogP contribution in [-0.2, 0) is 22.6 Å². The summed E-state index contributed by atoms with van der Waals surface area (Å²) in [7, 11) is 0. The normalized spacial score (nSPS) is 16.4. The summed E-state index contributed by atoms with van der Waals surface area (Å²) in [5.41, 5.74) is 2.90. The number of amides is 2. The van der Waals surface area contributed by atoms with E-state index in [4.69, 9.17) is 0 Å². The van der Waals surface area contributed by atoms with Crippen molar-refractivity contribution >= 4 is 18.0 Å². The van der Waals surface area contributed by atoms with Gasteiger partial charge in [-0.05, 0) is 17.2 Å². The van der Waals surface area contributed by atoms with Gasteiger partial charge in [0.25, 0.3) is 0 Å². The molecular formula is C17H16N2O2. The Hall–Kier alpha value is -2.62. The summed E-state index contributed by atoms with van der Waals surface area (Å²) in [5, 5.41) is 2.90. The van der Waals surface area contributed by atoms with Crippen molar-refractivity contribution in [2.24, 2.45) is 0 Å². The zero-order chi connectivity index (χ0) is 14.7. The van der Waals surface area contributed by atoms with Crippen LogP contribution in [0.2, 0.25) is 0 Å². The summed E-state index contributed by atoms with van der Waals surface area (Å²) in [6.07, 6.45) is 1.30. The predicted octanol–water partition coefficient (Wildman–Crippen LogP) is 1.89. The predicted molar refractivity (Wildman–Crippen MR) is 80.8 cm³/mol. The number of carbonyl (C=O) groups is 2. The van der Waals surface area contributed by atoms with Gasteiger partial charge in [-0.3, -0.25) is 9.59 Å². The fourth-order valence-electron chi connectivity index (χ4n) is 2.66. The van der Waals surface area contributed by atoms with Crippen molar-refractivity contribution in [2.45, 2.75) is 19.0 Å². The van der Waals surface area contributed by atoms with Crippen molar-refractivity contribution < 1.29 is 9.59 Å². The van der Waals surface area contributed by atoms with E-state index >= 15 is 0 Å². The van der Waals surface area contributed by atoms with E-state index in [0.717, 1.165) is 23.2 Å². The molecule has 0 saturated heterocycles. The SMILES string of the molecule is O=CN1c2ccccc2CC1C(=O)NCc1ccccc1. The van der Waals surface area contributed by atoms with Crippen LogP contribution in [0.25, 0.3) is 0 Å². The van der Waals surface area contributed by atoms with Crippen LogP contribution in [0.15, 0.2) is 54.6 Å². The van der Waals surface area contributed by atoms with Gasteiger partial charge in [-0.25, -0.2) is 0 Å². The van der Waals surface area contributed by atoms with E-state index in [1.165, 1.54) is 4.90 Å². The molecule has 1 unspecified atom stereocenters. The molecule has 3 rings (SSSR count). The zero-order valence-corrected chi connectivity index (χ0v) is 11.5. The van der Waals surface area contributed by atoms with Gasteiger partial charge in [-0.2, -0.15) is 0 Å². The van der Waals surface area contributed by atoms with E-state index in [-0.39, 0.29) is 5.91 Å². The van der Waals surface area contributed by atoms with Gasteiger partial charge < -0.3 is 10.2 Å². The Bertz CT molecular complexity index is 655. The molecule has 2 aromatic rings. The summed E-state index contributed by atoms with van der Waals surface area (Å²) in [6.45, 7) is 0.471. The lowest BCUT2D eigenvalue weighted by Crippen LogP contribution is -2.44. The molecule has 0 saturated carbocycles. The molecule has 0 fully saturated rings. The summed E-state index contributed by atoms with van der Waals surface area (Å²) >= 11 is 0. The van der Waals surface area contributed by atoms with Crippen LogP contribution >= 0.6 is 0 Å². The minimum Gasteiger partial charge on any atom is -0.350 e. The van der Waals surface area contributed by atoms with E-state index < -0.39 is 6.04 Å². The molecule has 106 valence electrons. The van der Waals surface area contributed by atoms with Crippen molar-refractivity contribution in [3.63, 3.8) is 0 Å². The number of hydrogen-bond acceptors (Lipinski definition) is 2. The van der Waals surface area contributed by atoms with Crippen LogP contribution in [0.1, 0.15) is 11.1 Å². The molecule has 2 amide bonds. The summed E-state index contributed by atoms with van der Waals surface area (Å²) < 4.78 is 0. The number of hydrogen-bond donors (Lipinski definition) is 1. The van der Waals surface area contributed by atoms with Gasteiger partial charge >= 0.3 is 0 Å². The Labute approximate surface area is 123 Å².